The van der Waals surface area contributed by atoms with Crippen LogP contribution in [0.15, 0.2) is 46.8 Å². The molecule has 1 aliphatic heterocycles. The van der Waals surface area contributed by atoms with Crippen molar-refractivity contribution in [3.05, 3.63) is 51.7 Å². The molecule has 1 unspecified atom stereocenters. The lowest BCUT2D eigenvalue weighted by atomic mass is 10.0. The maximum Gasteiger partial charge on any atom is 0.243 e. The molecule has 0 aliphatic carbocycles. The van der Waals surface area contributed by atoms with Gasteiger partial charge >= 0.3 is 0 Å². The van der Waals surface area contributed by atoms with Crippen LogP contribution in [0.5, 0.6) is 0 Å². The summed E-state index contributed by atoms with van der Waals surface area (Å²) in [5.41, 5.74) is 1.06. The fourth-order valence-electron chi connectivity index (χ4n) is 3.24. The fourth-order valence-corrected chi connectivity index (χ4v) is 4.14. The van der Waals surface area contributed by atoms with Crippen LogP contribution >= 0.6 is 22.9 Å². The molecule has 1 aromatic heterocycles. The summed E-state index contributed by atoms with van der Waals surface area (Å²) in [5, 5.41) is 9.71. The minimum absolute atomic E-state index is 0.0245. The van der Waals surface area contributed by atoms with Gasteiger partial charge in [0.1, 0.15) is 6.54 Å². The molecule has 1 aliphatic rings. The molecule has 1 fully saturated rings. The first kappa shape index (κ1) is 21.5. The first-order chi connectivity index (χ1) is 14.0. The SMILES string of the molecule is CN(C)C(=O)CN=C(NCc1cccs1)NC1CCCN(c2ccccc2Cl)C1. The van der Waals surface area contributed by atoms with E-state index >= 15 is 0 Å². The van der Waals surface area contributed by atoms with Gasteiger partial charge in [-0.1, -0.05) is 29.8 Å². The van der Waals surface area contributed by atoms with Gasteiger partial charge in [0.05, 0.1) is 17.3 Å². The Morgan fingerprint density at radius 1 is 1.31 bits per heavy atom. The van der Waals surface area contributed by atoms with Gasteiger partial charge in [-0.25, -0.2) is 4.99 Å². The summed E-state index contributed by atoms with van der Waals surface area (Å²) < 4.78 is 0. The van der Waals surface area contributed by atoms with E-state index in [0.29, 0.717) is 12.5 Å². The number of likely N-dealkylation sites (N-methyl/N-ethyl adjacent to an activating group) is 1. The number of nitrogens with one attached hydrogen (secondary N) is 2. The number of nitrogens with zero attached hydrogens (tertiary/aromatic N) is 3. The second kappa shape index (κ2) is 10.5. The van der Waals surface area contributed by atoms with E-state index in [2.05, 4.69) is 38.0 Å². The highest BCUT2D eigenvalue weighted by Crippen LogP contribution is 2.27. The number of hydrogen-bond acceptors (Lipinski definition) is 4. The summed E-state index contributed by atoms with van der Waals surface area (Å²) in [6.07, 6.45) is 2.11. The molecular formula is C21H28ClN5OS. The molecule has 0 bridgehead atoms. The fraction of sp³-hybridized carbons (Fsp3) is 0.429. The van der Waals surface area contributed by atoms with Gasteiger partial charge in [0.15, 0.2) is 5.96 Å². The standard InChI is InChI=1S/C21H28ClN5OS/c1-26(2)20(28)14-24-21(23-13-17-8-6-12-29-17)25-16-7-5-11-27(15-16)19-10-4-3-9-18(19)22/h3-4,6,8-10,12,16H,5,7,11,13-15H2,1-2H3,(H2,23,24,25). The van der Waals surface area contributed by atoms with E-state index in [-0.39, 0.29) is 18.5 Å². The van der Waals surface area contributed by atoms with Gasteiger partial charge in [0, 0.05) is 38.1 Å². The zero-order valence-corrected chi connectivity index (χ0v) is 18.5. The van der Waals surface area contributed by atoms with Crippen LogP contribution in [-0.4, -0.2) is 56.5 Å². The maximum atomic E-state index is 12.0. The van der Waals surface area contributed by atoms with Gasteiger partial charge in [-0.15, -0.1) is 11.3 Å². The highest BCUT2D eigenvalue weighted by Gasteiger charge is 2.22. The van der Waals surface area contributed by atoms with Crippen LogP contribution in [-0.2, 0) is 11.3 Å². The Labute approximate surface area is 181 Å². The Hall–Kier alpha value is -2.25. The van der Waals surface area contributed by atoms with Gasteiger partial charge < -0.3 is 20.4 Å². The lowest BCUT2D eigenvalue weighted by Crippen LogP contribution is -2.51. The van der Waals surface area contributed by atoms with Crippen LogP contribution in [0.4, 0.5) is 5.69 Å². The second-order valence-corrected chi connectivity index (χ2v) is 8.71. The van der Waals surface area contributed by atoms with Gasteiger partial charge in [-0.2, -0.15) is 0 Å². The lowest BCUT2D eigenvalue weighted by molar-refractivity contribution is -0.127. The number of halogens is 1. The number of guanidine groups is 1. The molecule has 29 heavy (non-hydrogen) atoms. The highest BCUT2D eigenvalue weighted by molar-refractivity contribution is 7.09. The first-order valence-electron chi connectivity index (χ1n) is 9.80. The van der Waals surface area contributed by atoms with Gasteiger partial charge in [0.2, 0.25) is 5.91 Å². The van der Waals surface area contributed by atoms with E-state index in [9.17, 15) is 4.79 Å². The molecule has 1 atom stereocenters. The lowest BCUT2D eigenvalue weighted by Gasteiger charge is -2.35. The first-order valence-corrected chi connectivity index (χ1v) is 11.1. The van der Waals surface area contributed by atoms with Gasteiger partial charge in [-0.05, 0) is 36.4 Å². The van der Waals surface area contributed by atoms with Gasteiger partial charge in [0.25, 0.3) is 0 Å². The van der Waals surface area contributed by atoms with Crippen molar-refractivity contribution < 1.29 is 4.79 Å². The van der Waals surface area contributed by atoms with E-state index < -0.39 is 0 Å². The Kier molecular flexibility index (Phi) is 7.77. The van der Waals surface area contributed by atoms with Crippen molar-refractivity contribution in [2.45, 2.75) is 25.4 Å². The third kappa shape index (κ3) is 6.37. The molecule has 1 aromatic carbocycles. The highest BCUT2D eigenvalue weighted by atomic mass is 35.5. The zero-order valence-electron chi connectivity index (χ0n) is 16.9. The normalized spacial score (nSPS) is 17.1. The molecule has 8 heteroatoms. The number of piperidine rings is 1. The monoisotopic (exact) mass is 433 g/mol. The Morgan fingerprint density at radius 2 is 2.14 bits per heavy atom. The van der Waals surface area contributed by atoms with Crippen LogP contribution in [0.2, 0.25) is 5.02 Å². The van der Waals surface area contributed by atoms with Crippen LogP contribution in [0.1, 0.15) is 17.7 Å². The number of para-hydroxylation sites is 1. The number of carbonyl (C=O) groups excluding carboxylic acids is 1. The number of aliphatic imine (C=N–C) groups is 1. The number of hydrogen-bond donors (Lipinski definition) is 2. The van der Waals surface area contributed by atoms with Crippen LogP contribution < -0.4 is 15.5 Å². The minimum atomic E-state index is -0.0245. The van der Waals surface area contributed by atoms with E-state index in [1.54, 1.807) is 30.3 Å². The van der Waals surface area contributed by atoms with E-state index in [1.807, 2.05) is 24.3 Å². The smallest absolute Gasteiger partial charge is 0.243 e. The van der Waals surface area contributed by atoms with Gasteiger partial charge in [-0.3, -0.25) is 4.79 Å². The van der Waals surface area contributed by atoms with Crippen LogP contribution in [0.3, 0.4) is 0 Å². The molecular weight excluding hydrogens is 406 g/mol. The Balaban J connectivity index is 1.66. The molecule has 2 heterocycles. The molecule has 2 aromatic rings. The molecule has 6 nitrogen and oxygen atoms in total. The molecule has 0 spiro atoms. The molecule has 2 N–H and O–H groups in total. The van der Waals surface area contributed by atoms with Crippen molar-refractivity contribution in [3.8, 4) is 0 Å². The Bertz CT molecular complexity index is 824. The maximum absolute atomic E-state index is 12.0. The van der Waals surface area contributed by atoms with E-state index in [4.69, 9.17) is 11.6 Å². The number of rotatable bonds is 6. The number of benzene rings is 1. The number of anilines is 1. The van der Waals surface area contributed by atoms with Crippen molar-refractivity contribution >= 4 is 40.5 Å². The van der Waals surface area contributed by atoms with Crippen molar-refractivity contribution in [1.82, 2.24) is 15.5 Å². The molecule has 3 rings (SSSR count). The summed E-state index contributed by atoms with van der Waals surface area (Å²) in [4.78, 5) is 21.6. The predicted octanol–water partition coefficient (Wildman–Crippen LogP) is 3.19. The summed E-state index contributed by atoms with van der Waals surface area (Å²) in [7, 11) is 3.49. The quantitative estimate of drug-likeness (QED) is 0.542. The second-order valence-electron chi connectivity index (χ2n) is 7.27. The molecule has 0 saturated carbocycles. The van der Waals surface area contributed by atoms with Crippen molar-refractivity contribution in [1.29, 1.82) is 0 Å². The third-order valence-corrected chi connectivity index (χ3v) is 6.03. The molecule has 0 radical (unpaired) electrons. The molecule has 1 amide bonds. The van der Waals surface area contributed by atoms with Crippen LogP contribution in [0, 0.1) is 0 Å². The summed E-state index contributed by atoms with van der Waals surface area (Å²) in [5.74, 6) is 0.642. The zero-order chi connectivity index (χ0) is 20.6. The summed E-state index contributed by atoms with van der Waals surface area (Å²) in [6.45, 7) is 2.62. The number of amides is 1. The van der Waals surface area contributed by atoms with Crippen molar-refractivity contribution in [2.24, 2.45) is 4.99 Å². The third-order valence-electron chi connectivity index (χ3n) is 4.84. The topological polar surface area (TPSA) is 60.0 Å². The summed E-state index contributed by atoms with van der Waals surface area (Å²) in [6, 6.07) is 12.3. The van der Waals surface area contributed by atoms with E-state index in [1.165, 1.54) is 4.88 Å². The van der Waals surface area contributed by atoms with Crippen LogP contribution in [0.25, 0.3) is 0 Å². The largest absolute Gasteiger partial charge is 0.368 e. The number of thiophene rings is 1. The summed E-state index contributed by atoms with van der Waals surface area (Å²) >= 11 is 8.09. The molecule has 1 saturated heterocycles. The molecule has 156 valence electrons. The number of carbonyl (C=O) groups is 1. The predicted molar refractivity (Wildman–Crippen MR) is 122 cm³/mol. The van der Waals surface area contributed by atoms with E-state index in [0.717, 1.165) is 36.6 Å². The Morgan fingerprint density at radius 3 is 2.86 bits per heavy atom. The van der Waals surface area contributed by atoms with Crippen molar-refractivity contribution in [2.75, 3.05) is 38.6 Å². The average Bonchev–Trinajstić information content (AvgIpc) is 3.24. The average molecular weight is 434 g/mol. The van der Waals surface area contributed by atoms with Crippen molar-refractivity contribution in [3.63, 3.8) is 0 Å². The minimum Gasteiger partial charge on any atom is -0.368 e.